The number of aliphatic carboxylic acids is 1. The summed E-state index contributed by atoms with van der Waals surface area (Å²) in [5.74, 6) is -1.09. The first kappa shape index (κ1) is 50.9. The summed E-state index contributed by atoms with van der Waals surface area (Å²) in [6.07, 6.45) is -17.5. The minimum Gasteiger partial charge on any atom is -0.479 e. The first-order valence-corrected chi connectivity index (χ1v) is 24.3. The normalized spacial score (nSPS) is 55.9. The maximum atomic E-state index is 12.9. The second kappa shape index (κ2) is 17.7. The maximum Gasteiger partial charge on any atom is 0.335 e. The molecule has 3 aliphatic heterocycles. The molecule has 25 atom stereocenters. The lowest BCUT2D eigenvalue weighted by Gasteiger charge is -2.72. The van der Waals surface area contributed by atoms with E-state index < -0.39 is 116 Å². The van der Waals surface area contributed by atoms with Crippen LogP contribution in [0.2, 0.25) is 0 Å². The van der Waals surface area contributed by atoms with Gasteiger partial charge in [0.25, 0.3) is 0 Å². The minimum absolute atomic E-state index is 0.0300. The fraction of sp³-hybridized carbons (Fsp3) is 0.938. The number of carboxylic acids is 1. The van der Waals surface area contributed by atoms with E-state index in [0.717, 1.165) is 51.4 Å². The number of carboxylic acid groups (broad SMARTS) is 1. The number of aliphatic hydroxyl groups is 10. The van der Waals surface area contributed by atoms with E-state index in [1.165, 1.54) is 12.5 Å². The molecule has 8 aliphatic rings. The summed E-state index contributed by atoms with van der Waals surface area (Å²) in [5.41, 5.74) is 0.143. The van der Waals surface area contributed by atoms with Crippen LogP contribution in [-0.2, 0) is 33.2 Å². The molecule has 0 aromatic carbocycles. The van der Waals surface area contributed by atoms with Gasteiger partial charge in [-0.3, -0.25) is 0 Å². The standard InChI is InChI=1S/C48H78O18/c1-21-29(52)31(54)34(57)40(61-21)65-37-32(55)30(53)24(19-49)62-42(37)64-36-33(56)35(58)41(66-38(36)39(59)60)63-28-12-13-45(5)25(46(28,6)20-50)11-14-48(8)26(45)10-9-22-23-17-43(2,3)18-27(51)44(23,4)15-16-47(22,48)7/h9,21,23-38,40-42,49-58H,10-20H2,1-8H3,(H,59,60)/t21-,23-,24+,25+,26+,27+,28-,29-,30+,31+,32-,33+,34+,35+,36-,37+,38-,40-,41+,42-,44+,45-,46+,47+,48+/m0/s1. The van der Waals surface area contributed by atoms with Crippen molar-refractivity contribution < 1.29 is 89.4 Å². The zero-order valence-electron chi connectivity index (χ0n) is 39.7. The van der Waals surface area contributed by atoms with Gasteiger partial charge in [0.15, 0.2) is 25.0 Å². The van der Waals surface area contributed by atoms with Crippen molar-refractivity contribution >= 4 is 5.97 Å². The van der Waals surface area contributed by atoms with Gasteiger partial charge in [-0.1, -0.05) is 60.1 Å². The smallest absolute Gasteiger partial charge is 0.335 e. The topological polar surface area (TPSA) is 295 Å². The van der Waals surface area contributed by atoms with E-state index in [-0.39, 0.29) is 51.6 Å². The lowest BCUT2D eigenvalue weighted by Crippen LogP contribution is -2.68. The molecule has 18 nitrogen and oxygen atoms in total. The molecular formula is C48H78O18. The predicted octanol–water partition coefficient (Wildman–Crippen LogP) is 0.705. The van der Waals surface area contributed by atoms with Crippen molar-refractivity contribution in [1.82, 2.24) is 0 Å². The molecular weight excluding hydrogens is 865 g/mol. The highest BCUT2D eigenvalue weighted by Gasteiger charge is 2.70. The fourth-order valence-electron chi connectivity index (χ4n) is 15.1. The van der Waals surface area contributed by atoms with Gasteiger partial charge in [-0.15, -0.1) is 0 Å². The molecule has 0 aromatic heterocycles. The van der Waals surface area contributed by atoms with E-state index in [9.17, 15) is 61.0 Å². The quantitative estimate of drug-likeness (QED) is 0.112. The van der Waals surface area contributed by atoms with E-state index in [0.29, 0.717) is 12.3 Å². The van der Waals surface area contributed by atoms with Crippen molar-refractivity contribution in [2.24, 2.45) is 50.2 Å². The Bertz CT molecular complexity index is 1820. The molecule has 0 radical (unpaired) electrons. The highest BCUT2D eigenvalue weighted by Crippen LogP contribution is 2.76. The summed E-state index contributed by atoms with van der Waals surface area (Å²) < 4.78 is 35.4. The predicted molar refractivity (Wildman–Crippen MR) is 231 cm³/mol. The Balaban J connectivity index is 1.01. The number of allylic oxidation sites excluding steroid dienone is 2. The SMILES string of the molecule is C[C@@H]1O[C@@H](O[C@H]2[C@H](O[C@H]3[C@H](O)[C@@H](O)[C@H](O[C@H]4CC[C@@]5(C)[C@@H](CC[C@]6(C)[C@@H]5CC=C5[C@@H]7CC(C)(C)C[C@@H](O)[C@]7(C)CC[C@]56C)[C@@]4(C)CO)O[C@@H]3C(=O)O)O[C@H](CO)[C@@H](O)[C@@H]2O)[C@H](O)[C@H](O)[C@H]1O. The Labute approximate surface area is 387 Å². The van der Waals surface area contributed by atoms with Crippen molar-refractivity contribution in [2.75, 3.05) is 13.2 Å². The minimum atomic E-state index is -2.03. The molecule has 378 valence electrons. The third-order valence-corrected chi connectivity index (χ3v) is 19.5. The summed E-state index contributed by atoms with van der Waals surface area (Å²) in [6, 6.07) is 0. The van der Waals surface area contributed by atoms with E-state index in [1.54, 1.807) is 0 Å². The van der Waals surface area contributed by atoms with E-state index in [4.69, 9.17) is 28.4 Å². The maximum absolute atomic E-state index is 12.9. The number of hydrogen-bond acceptors (Lipinski definition) is 17. The Hall–Kier alpha value is -1.43. The first-order valence-electron chi connectivity index (χ1n) is 24.3. The molecule has 0 spiro atoms. The second-order valence-corrected chi connectivity index (χ2v) is 23.6. The highest BCUT2D eigenvalue weighted by molar-refractivity contribution is 5.73. The summed E-state index contributed by atoms with van der Waals surface area (Å²) in [5, 5.41) is 120. The summed E-state index contributed by atoms with van der Waals surface area (Å²) in [6.45, 7) is 16.4. The van der Waals surface area contributed by atoms with Gasteiger partial charge in [-0.25, -0.2) is 4.79 Å². The van der Waals surface area contributed by atoms with Gasteiger partial charge in [0.2, 0.25) is 0 Å². The number of ether oxygens (including phenoxy) is 6. The second-order valence-electron chi connectivity index (χ2n) is 23.6. The van der Waals surface area contributed by atoms with Gasteiger partial charge in [-0.05, 0) is 104 Å². The van der Waals surface area contributed by atoms with Crippen LogP contribution in [0.15, 0.2) is 11.6 Å². The van der Waals surface area contributed by atoms with Gasteiger partial charge in [-0.2, -0.15) is 0 Å². The van der Waals surface area contributed by atoms with Crippen LogP contribution in [0.3, 0.4) is 0 Å². The molecule has 18 heteroatoms. The highest BCUT2D eigenvalue weighted by atomic mass is 16.8. The van der Waals surface area contributed by atoms with E-state index in [1.807, 2.05) is 6.92 Å². The molecule has 3 saturated heterocycles. The van der Waals surface area contributed by atoms with E-state index in [2.05, 4.69) is 47.6 Å². The van der Waals surface area contributed by atoms with Crippen molar-refractivity contribution in [2.45, 2.75) is 218 Å². The van der Waals surface area contributed by atoms with Crippen molar-refractivity contribution in [3.05, 3.63) is 11.6 Å². The van der Waals surface area contributed by atoms with Crippen LogP contribution in [0.5, 0.6) is 0 Å². The fourth-order valence-corrected chi connectivity index (χ4v) is 15.1. The average molecular weight is 943 g/mol. The lowest BCUT2D eigenvalue weighted by molar-refractivity contribution is -0.388. The number of aliphatic hydroxyl groups excluding tert-OH is 10. The lowest BCUT2D eigenvalue weighted by atomic mass is 9.33. The van der Waals surface area contributed by atoms with Crippen LogP contribution in [0.4, 0.5) is 0 Å². The number of carbonyl (C=O) groups is 1. The largest absolute Gasteiger partial charge is 0.479 e. The van der Waals surface area contributed by atoms with Gasteiger partial charge in [0, 0.05) is 10.8 Å². The first-order chi connectivity index (χ1) is 30.7. The zero-order chi connectivity index (χ0) is 48.4. The third kappa shape index (κ3) is 7.78. The molecule has 5 aliphatic carbocycles. The Morgan fingerprint density at radius 2 is 1.30 bits per heavy atom. The van der Waals surface area contributed by atoms with Crippen LogP contribution < -0.4 is 0 Å². The molecule has 8 rings (SSSR count). The molecule has 3 heterocycles. The molecule has 0 bridgehead atoms. The Morgan fingerprint density at radius 3 is 1.95 bits per heavy atom. The van der Waals surface area contributed by atoms with Gasteiger partial charge >= 0.3 is 5.97 Å². The number of hydrogen-bond donors (Lipinski definition) is 11. The monoisotopic (exact) mass is 943 g/mol. The van der Waals surface area contributed by atoms with Crippen LogP contribution in [-0.4, -0.2) is 180 Å². The van der Waals surface area contributed by atoms with Crippen molar-refractivity contribution in [1.29, 1.82) is 0 Å². The molecule has 0 aromatic rings. The van der Waals surface area contributed by atoms with Crippen molar-refractivity contribution in [3.63, 3.8) is 0 Å². The number of rotatable bonds is 9. The molecule has 0 amide bonds. The Kier molecular flexibility index (Phi) is 13.7. The molecule has 4 saturated carbocycles. The van der Waals surface area contributed by atoms with Crippen LogP contribution >= 0.6 is 0 Å². The molecule has 11 N–H and O–H groups in total. The summed E-state index contributed by atoms with van der Waals surface area (Å²) in [4.78, 5) is 12.9. The van der Waals surface area contributed by atoms with Crippen molar-refractivity contribution in [3.8, 4) is 0 Å². The average Bonchev–Trinajstić information content (AvgIpc) is 3.25. The number of fused-ring (bicyclic) bond motifs is 7. The third-order valence-electron chi connectivity index (χ3n) is 19.5. The van der Waals surface area contributed by atoms with E-state index >= 15 is 0 Å². The van der Waals surface area contributed by atoms with Gasteiger partial charge < -0.3 is 84.6 Å². The zero-order valence-corrected chi connectivity index (χ0v) is 39.7. The summed E-state index contributed by atoms with van der Waals surface area (Å²) >= 11 is 0. The van der Waals surface area contributed by atoms with Crippen LogP contribution in [0, 0.1) is 50.2 Å². The van der Waals surface area contributed by atoms with Gasteiger partial charge in [0.05, 0.1) is 31.5 Å². The van der Waals surface area contributed by atoms with Gasteiger partial charge in [0.1, 0.15) is 61.0 Å². The van der Waals surface area contributed by atoms with Crippen LogP contribution in [0.1, 0.15) is 113 Å². The Morgan fingerprint density at radius 1 is 0.667 bits per heavy atom. The molecule has 0 unspecified atom stereocenters. The molecule has 66 heavy (non-hydrogen) atoms. The summed E-state index contributed by atoms with van der Waals surface area (Å²) in [7, 11) is 0. The van der Waals surface area contributed by atoms with Crippen LogP contribution in [0.25, 0.3) is 0 Å². The molecule has 7 fully saturated rings.